The van der Waals surface area contributed by atoms with Crippen LogP contribution in [0.4, 0.5) is 5.69 Å². The van der Waals surface area contributed by atoms with E-state index in [2.05, 4.69) is 57.3 Å². The molecule has 0 heterocycles. The normalized spacial score (nSPS) is 13.0. The van der Waals surface area contributed by atoms with E-state index >= 15 is 0 Å². The van der Waals surface area contributed by atoms with Gasteiger partial charge in [0.15, 0.2) is 0 Å². The highest BCUT2D eigenvalue weighted by Gasteiger charge is 2.14. The van der Waals surface area contributed by atoms with Crippen LogP contribution in [0.1, 0.15) is 44.9 Å². The van der Waals surface area contributed by atoms with Crippen molar-refractivity contribution in [3.8, 4) is 0 Å². The first-order valence-electron chi connectivity index (χ1n) is 7.09. The Bertz CT molecular complexity index is 612. The SMILES string of the molecule is CC(Nc1cc(Cl)ccc1Cl)c1ccc(C(C)(C)C)cc1. The Morgan fingerprint density at radius 1 is 0.952 bits per heavy atom. The summed E-state index contributed by atoms with van der Waals surface area (Å²) in [6, 6.07) is 14.3. The molecule has 0 aliphatic carbocycles. The standard InChI is InChI=1S/C18H21Cl2N/c1-12(21-17-11-15(19)9-10-16(17)20)13-5-7-14(8-6-13)18(2,3)4/h5-12,21H,1-4H3. The van der Waals surface area contributed by atoms with Crippen molar-refractivity contribution in [3.05, 3.63) is 63.6 Å². The zero-order valence-electron chi connectivity index (χ0n) is 12.9. The zero-order valence-corrected chi connectivity index (χ0v) is 14.4. The van der Waals surface area contributed by atoms with E-state index in [0.717, 1.165) is 5.69 Å². The van der Waals surface area contributed by atoms with E-state index in [1.165, 1.54) is 11.1 Å². The molecule has 0 amide bonds. The molecule has 0 aromatic heterocycles. The molecule has 2 rings (SSSR count). The molecule has 1 atom stereocenters. The van der Waals surface area contributed by atoms with Gasteiger partial charge in [-0.05, 0) is 41.7 Å². The molecule has 1 unspecified atom stereocenters. The molecule has 0 fully saturated rings. The van der Waals surface area contributed by atoms with Crippen molar-refractivity contribution >= 4 is 28.9 Å². The van der Waals surface area contributed by atoms with E-state index < -0.39 is 0 Å². The smallest absolute Gasteiger partial charge is 0.0638 e. The quantitative estimate of drug-likeness (QED) is 0.683. The van der Waals surface area contributed by atoms with Gasteiger partial charge < -0.3 is 5.32 Å². The first kappa shape index (κ1) is 16.2. The fourth-order valence-corrected chi connectivity index (χ4v) is 2.54. The molecule has 0 saturated heterocycles. The summed E-state index contributed by atoms with van der Waals surface area (Å²) >= 11 is 12.2. The fourth-order valence-electron chi connectivity index (χ4n) is 2.20. The van der Waals surface area contributed by atoms with E-state index in [0.29, 0.717) is 10.0 Å². The maximum absolute atomic E-state index is 6.19. The number of nitrogens with one attached hydrogen (secondary N) is 1. The van der Waals surface area contributed by atoms with Crippen molar-refractivity contribution in [2.75, 3.05) is 5.32 Å². The van der Waals surface area contributed by atoms with Crippen LogP contribution in [0.3, 0.4) is 0 Å². The second-order valence-electron chi connectivity index (χ2n) is 6.36. The molecule has 3 heteroatoms. The molecule has 2 aromatic rings. The van der Waals surface area contributed by atoms with Gasteiger partial charge in [-0.2, -0.15) is 0 Å². The van der Waals surface area contributed by atoms with Crippen LogP contribution in [0.5, 0.6) is 0 Å². The molecule has 0 spiro atoms. The largest absolute Gasteiger partial charge is 0.377 e. The maximum Gasteiger partial charge on any atom is 0.0638 e. The third kappa shape index (κ3) is 4.15. The van der Waals surface area contributed by atoms with Crippen LogP contribution in [-0.4, -0.2) is 0 Å². The van der Waals surface area contributed by atoms with Crippen molar-refractivity contribution in [3.63, 3.8) is 0 Å². The van der Waals surface area contributed by atoms with Crippen molar-refractivity contribution in [2.45, 2.75) is 39.2 Å². The molecule has 0 aliphatic heterocycles. The summed E-state index contributed by atoms with van der Waals surface area (Å²) in [4.78, 5) is 0. The van der Waals surface area contributed by atoms with Gasteiger partial charge in [-0.3, -0.25) is 0 Å². The Morgan fingerprint density at radius 3 is 2.14 bits per heavy atom. The minimum Gasteiger partial charge on any atom is -0.377 e. The molecule has 1 nitrogen and oxygen atoms in total. The summed E-state index contributed by atoms with van der Waals surface area (Å²) in [7, 11) is 0. The lowest BCUT2D eigenvalue weighted by molar-refractivity contribution is 0.589. The Labute approximate surface area is 137 Å². The predicted molar refractivity (Wildman–Crippen MR) is 93.6 cm³/mol. The monoisotopic (exact) mass is 321 g/mol. The van der Waals surface area contributed by atoms with Crippen LogP contribution in [0.15, 0.2) is 42.5 Å². The van der Waals surface area contributed by atoms with Gasteiger partial charge in [-0.25, -0.2) is 0 Å². The Balaban J connectivity index is 2.17. The van der Waals surface area contributed by atoms with Crippen molar-refractivity contribution in [1.29, 1.82) is 0 Å². The first-order valence-corrected chi connectivity index (χ1v) is 7.85. The summed E-state index contributed by atoms with van der Waals surface area (Å²) in [5.74, 6) is 0. The third-order valence-corrected chi connectivity index (χ3v) is 4.14. The summed E-state index contributed by atoms with van der Waals surface area (Å²) in [6.45, 7) is 8.77. The lowest BCUT2D eigenvalue weighted by atomic mass is 9.86. The van der Waals surface area contributed by atoms with Crippen LogP contribution in [0.25, 0.3) is 0 Å². The second-order valence-corrected chi connectivity index (χ2v) is 7.21. The number of halogens is 2. The molecule has 0 aliphatic rings. The molecular weight excluding hydrogens is 301 g/mol. The number of anilines is 1. The second kappa shape index (κ2) is 6.29. The molecule has 2 aromatic carbocycles. The summed E-state index contributed by atoms with van der Waals surface area (Å²) in [5.41, 5.74) is 3.58. The van der Waals surface area contributed by atoms with Crippen LogP contribution < -0.4 is 5.32 Å². The first-order chi connectivity index (χ1) is 9.77. The highest BCUT2D eigenvalue weighted by molar-refractivity contribution is 6.35. The highest BCUT2D eigenvalue weighted by Crippen LogP contribution is 2.30. The zero-order chi connectivity index (χ0) is 15.6. The fraction of sp³-hybridized carbons (Fsp3) is 0.333. The molecule has 0 saturated carbocycles. The molecular formula is C18H21Cl2N. The van der Waals surface area contributed by atoms with E-state index in [1.54, 1.807) is 6.07 Å². The van der Waals surface area contributed by atoms with E-state index in [9.17, 15) is 0 Å². The van der Waals surface area contributed by atoms with Gasteiger partial charge in [0.25, 0.3) is 0 Å². The van der Waals surface area contributed by atoms with Crippen molar-refractivity contribution in [1.82, 2.24) is 0 Å². The summed E-state index contributed by atoms with van der Waals surface area (Å²) in [6.07, 6.45) is 0. The average Bonchev–Trinajstić information content (AvgIpc) is 2.42. The predicted octanol–water partition coefficient (Wildman–Crippen LogP) is 6.46. The Morgan fingerprint density at radius 2 is 1.57 bits per heavy atom. The summed E-state index contributed by atoms with van der Waals surface area (Å²) in [5, 5.41) is 4.77. The van der Waals surface area contributed by atoms with Crippen LogP contribution >= 0.6 is 23.2 Å². The van der Waals surface area contributed by atoms with Gasteiger partial charge in [0.05, 0.1) is 10.7 Å². The Hall–Kier alpha value is -1.18. The topological polar surface area (TPSA) is 12.0 Å². The number of hydrogen-bond donors (Lipinski definition) is 1. The number of benzene rings is 2. The third-order valence-electron chi connectivity index (χ3n) is 3.58. The van der Waals surface area contributed by atoms with E-state index in [-0.39, 0.29) is 11.5 Å². The Kier molecular flexibility index (Phi) is 4.85. The lowest BCUT2D eigenvalue weighted by Crippen LogP contribution is -2.12. The maximum atomic E-state index is 6.19. The van der Waals surface area contributed by atoms with Crippen LogP contribution in [0.2, 0.25) is 10.0 Å². The molecule has 1 N–H and O–H groups in total. The van der Waals surface area contributed by atoms with Gasteiger partial charge >= 0.3 is 0 Å². The number of hydrogen-bond acceptors (Lipinski definition) is 1. The highest BCUT2D eigenvalue weighted by atomic mass is 35.5. The van der Waals surface area contributed by atoms with Crippen molar-refractivity contribution < 1.29 is 0 Å². The molecule has 21 heavy (non-hydrogen) atoms. The van der Waals surface area contributed by atoms with E-state index in [4.69, 9.17) is 23.2 Å². The minimum absolute atomic E-state index is 0.162. The average molecular weight is 322 g/mol. The van der Waals surface area contributed by atoms with Crippen LogP contribution in [-0.2, 0) is 5.41 Å². The minimum atomic E-state index is 0.162. The van der Waals surface area contributed by atoms with Gasteiger partial charge in [-0.15, -0.1) is 0 Å². The summed E-state index contributed by atoms with van der Waals surface area (Å²) < 4.78 is 0. The molecule has 0 radical (unpaired) electrons. The van der Waals surface area contributed by atoms with Gasteiger partial charge in [0.1, 0.15) is 0 Å². The van der Waals surface area contributed by atoms with Crippen LogP contribution in [0, 0.1) is 0 Å². The lowest BCUT2D eigenvalue weighted by Gasteiger charge is -2.21. The van der Waals surface area contributed by atoms with E-state index in [1.807, 2.05) is 12.1 Å². The molecule has 112 valence electrons. The van der Waals surface area contributed by atoms with Gasteiger partial charge in [-0.1, -0.05) is 68.2 Å². The van der Waals surface area contributed by atoms with Crippen molar-refractivity contribution in [2.24, 2.45) is 0 Å². The van der Waals surface area contributed by atoms with Gasteiger partial charge in [0.2, 0.25) is 0 Å². The van der Waals surface area contributed by atoms with Gasteiger partial charge in [0, 0.05) is 11.1 Å². The molecule has 0 bridgehead atoms. The number of rotatable bonds is 3.